The molecule has 6 heteroatoms. The van der Waals surface area contributed by atoms with Gasteiger partial charge in [0.15, 0.2) is 0 Å². The highest BCUT2D eigenvalue weighted by Crippen LogP contribution is 2.35. The van der Waals surface area contributed by atoms with Gasteiger partial charge in [-0.25, -0.2) is 8.78 Å². The molecule has 2 amide bonds. The van der Waals surface area contributed by atoms with Crippen molar-refractivity contribution in [1.29, 1.82) is 0 Å². The van der Waals surface area contributed by atoms with Crippen LogP contribution >= 0.6 is 0 Å². The molecule has 23 heavy (non-hydrogen) atoms. The molecule has 0 spiro atoms. The van der Waals surface area contributed by atoms with Crippen molar-refractivity contribution >= 4 is 23.2 Å². The van der Waals surface area contributed by atoms with Gasteiger partial charge in [0.25, 0.3) is 5.91 Å². The number of nitrogens with one attached hydrogen (secondary N) is 1. The number of nitrogens with zero attached hydrogens (tertiary/aromatic N) is 1. The molecule has 0 bridgehead atoms. The van der Waals surface area contributed by atoms with Gasteiger partial charge in [-0.15, -0.1) is 0 Å². The van der Waals surface area contributed by atoms with Crippen molar-refractivity contribution in [3.8, 4) is 0 Å². The summed E-state index contributed by atoms with van der Waals surface area (Å²) in [5, 5.41) is 2.61. The van der Waals surface area contributed by atoms with Gasteiger partial charge in [-0.2, -0.15) is 0 Å². The van der Waals surface area contributed by atoms with Crippen LogP contribution in [0.2, 0.25) is 0 Å². The Kier molecular flexibility index (Phi) is 3.82. The van der Waals surface area contributed by atoms with Gasteiger partial charge < -0.3 is 10.2 Å². The highest BCUT2D eigenvalue weighted by atomic mass is 19.1. The van der Waals surface area contributed by atoms with Crippen LogP contribution in [0, 0.1) is 11.6 Å². The highest BCUT2D eigenvalue weighted by molar-refractivity contribution is 6.08. The summed E-state index contributed by atoms with van der Waals surface area (Å²) in [5.74, 6) is -2.49. The Balaban J connectivity index is 1.94. The Morgan fingerprint density at radius 3 is 2.65 bits per heavy atom. The lowest BCUT2D eigenvalue weighted by atomic mass is 10.1. The van der Waals surface area contributed by atoms with Gasteiger partial charge in [0, 0.05) is 19.5 Å². The molecule has 0 atom stereocenters. The summed E-state index contributed by atoms with van der Waals surface area (Å²) in [6.07, 6.45) is 0.698. The third kappa shape index (κ3) is 2.79. The zero-order valence-electron chi connectivity index (χ0n) is 12.4. The number of hydrogen-bond donors (Lipinski definition) is 1. The smallest absolute Gasteiger partial charge is 0.258 e. The van der Waals surface area contributed by atoms with Crippen LogP contribution in [-0.2, 0) is 11.2 Å². The second-order valence-electron chi connectivity index (χ2n) is 5.31. The van der Waals surface area contributed by atoms with Gasteiger partial charge in [-0.1, -0.05) is 12.1 Å². The molecule has 3 rings (SSSR count). The lowest BCUT2D eigenvalue weighted by Gasteiger charge is -2.19. The molecule has 0 radical (unpaired) electrons. The van der Waals surface area contributed by atoms with E-state index in [-0.39, 0.29) is 11.5 Å². The molecule has 1 N–H and O–H groups in total. The lowest BCUT2D eigenvalue weighted by molar-refractivity contribution is -0.116. The van der Waals surface area contributed by atoms with Crippen LogP contribution < -0.4 is 10.2 Å². The maximum atomic E-state index is 13.7. The zero-order chi connectivity index (χ0) is 16.6. The third-order valence-corrected chi connectivity index (χ3v) is 3.80. The van der Waals surface area contributed by atoms with E-state index < -0.39 is 17.5 Å². The molecule has 2 aromatic rings. The average Bonchev–Trinajstić information content (AvgIpc) is 2.92. The van der Waals surface area contributed by atoms with E-state index in [0.29, 0.717) is 30.4 Å². The number of amides is 2. The average molecular weight is 316 g/mol. The summed E-state index contributed by atoms with van der Waals surface area (Å²) in [4.78, 5) is 25.5. The minimum absolute atomic E-state index is 0.126. The fourth-order valence-corrected chi connectivity index (χ4v) is 2.73. The van der Waals surface area contributed by atoms with Crippen molar-refractivity contribution in [2.75, 3.05) is 16.8 Å². The standard InChI is InChI=1S/C17H14F2N2O2/c1-10(22)21-8-7-11-3-2-4-15(16(11)21)20-17(23)13-6-5-12(18)9-14(13)19/h2-6,9H,7-8H2,1H3,(H,20,23). The molecule has 0 saturated carbocycles. The minimum Gasteiger partial charge on any atom is -0.320 e. The Labute approximate surface area is 131 Å². The zero-order valence-corrected chi connectivity index (χ0v) is 12.4. The van der Waals surface area contributed by atoms with Crippen LogP contribution in [-0.4, -0.2) is 18.4 Å². The van der Waals surface area contributed by atoms with Gasteiger partial charge in [0.1, 0.15) is 11.6 Å². The second kappa shape index (κ2) is 5.79. The van der Waals surface area contributed by atoms with Gasteiger partial charge in [-0.3, -0.25) is 9.59 Å². The monoisotopic (exact) mass is 316 g/mol. The topological polar surface area (TPSA) is 49.4 Å². The number of para-hydroxylation sites is 1. The van der Waals surface area contributed by atoms with Crippen LogP contribution in [0.15, 0.2) is 36.4 Å². The van der Waals surface area contributed by atoms with E-state index in [1.807, 2.05) is 6.07 Å². The molecular weight excluding hydrogens is 302 g/mol. The summed E-state index contributed by atoms with van der Waals surface area (Å²) in [6, 6.07) is 8.07. The van der Waals surface area contributed by atoms with Crippen molar-refractivity contribution in [2.45, 2.75) is 13.3 Å². The fourth-order valence-electron chi connectivity index (χ4n) is 2.73. The van der Waals surface area contributed by atoms with Gasteiger partial charge in [0.05, 0.1) is 16.9 Å². The predicted molar refractivity (Wildman–Crippen MR) is 82.5 cm³/mol. The lowest BCUT2D eigenvalue weighted by Crippen LogP contribution is -2.27. The van der Waals surface area contributed by atoms with E-state index in [2.05, 4.69) is 5.32 Å². The first-order chi connectivity index (χ1) is 11.0. The number of rotatable bonds is 2. The number of benzene rings is 2. The third-order valence-electron chi connectivity index (χ3n) is 3.80. The molecular formula is C17H14F2N2O2. The van der Waals surface area contributed by atoms with Gasteiger partial charge >= 0.3 is 0 Å². The van der Waals surface area contributed by atoms with Crippen LogP contribution in [0.3, 0.4) is 0 Å². The fraction of sp³-hybridized carbons (Fsp3) is 0.176. The number of anilines is 2. The van der Waals surface area contributed by atoms with Crippen LogP contribution in [0.25, 0.3) is 0 Å². The largest absolute Gasteiger partial charge is 0.320 e. The molecule has 1 aliphatic rings. The summed E-state index contributed by atoms with van der Waals surface area (Å²) in [5.41, 5.74) is 1.76. The number of halogens is 2. The first-order valence-corrected chi connectivity index (χ1v) is 7.14. The van der Waals surface area contributed by atoms with Crippen molar-refractivity contribution < 1.29 is 18.4 Å². The molecule has 0 aromatic heterocycles. The maximum Gasteiger partial charge on any atom is 0.258 e. The summed E-state index contributed by atoms with van der Waals surface area (Å²) in [6.45, 7) is 2.00. The number of carbonyl (C=O) groups is 2. The van der Waals surface area contributed by atoms with Crippen LogP contribution in [0.1, 0.15) is 22.8 Å². The summed E-state index contributed by atoms with van der Waals surface area (Å²) < 4.78 is 26.7. The van der Waals surface area contributed by atoms with E-state index >= 15 is 0 Å². The van der Waals surface area contributed by atoms with E-state index in [0.717, 1.165) is 17.7 Å². The maximum absolute atomic E-state index is 13.7. The normalized spacial score (nSPS) is 12.9. The van der Waals surface area contributed by atoms with E-state index in [1.54, 1.807) is 17.0 Å². The molecule has 0 saturated heterocycles. The number of carbonyl (C=O) groups excluding carboxylic acids is 2. The number of fused-ring (bicyclic) bond motifs is 1. The van der Waals surface area contributed by atoms with Crippen molar-refractivity contribution in [1.82, 2.24) is 0 Å². The van der Waals surface area contributed by atoms with E-state index in [9.17, 15) is 18.4 Å². The highest BCUT2D eigenvalue weighted by Gasteiger charge is 2.26. The first kappa shape index (κ1) is 15.1. The molecule has 0 fully saturated rings. The molecule has 0 unspecified atom stereocenters. The van der Waals surface area contributed by atoms with Crippen molar-refractivity contribution in [3.63, 3.8) is 0 Å². The predicted octanol–water partition coefficient (Wildman–Crippen LogP) is 3.13. The SMILES string of the molecule is CC(=O)N1CCc2cccc(NC(=O)c3ccc(F)cc3F)c21. The molecule has 1 aliphatic heterocycles. The van der Waals surface area contributed by atoms with E-state index in [1.165, 1.54) is 6.92 Å². The number of hydrogen-bond acceptors (Lipinski definition) is 2. The second-order valence-corrected chi connectivity index (χ2v) is 5.31. The van der Waals surface area contributed by atoms with Crippen LogP contribution in [0.4, 0.5) is 20.2 Å². The Morgan fingerprint density at radius 2 is 1.96 bits per heavy atom. The minimum atomic E-state index is -0.932. The summed E-state index contributed by atoms with van der Waals surface area (Å²) in [7, 11) is 0. The Morgan fingerprint density at radius 1 is 1.17 bits per heavy atom. The molecule has 1 heterocycles. The quantitative estimate of drug-likeness (QED) is 0.925. The molecule has 4 nitrogen and oxygen atoms in total. The Bertz CT molecular complexity index is 805. The molecule has 2 aromatic carbocycles. The van der Waals surface area contributed by atoms with Gasteiger partial charge in [0.2, 0.25) is 5.91 Å². The molecule has 0 aliphatic carbocycles. The van der Waals surface area contributed by atoms with Crippen molar-refractivity contribution in [2.24, 2.45) is 0 Å². The van der Waals surface area contributed by atoms with Gasteiger partial charge in [-0.05, 0) is 30.2 Å². The summed E-state index contributed by atoms with van der Waals surface area (Å²) >= 11 is 0. The van der Waals surface area contributed by atoms with Crippen LogP contribution in [0.5, 0.6) is 0 Å². The Hall–Kier alpha value is -2.76. The molecule has 118 valence electrons. The van der Waals surface area contributed by atoms with E-state index in [4.69, 9.17) is 0 Å². The van der Waals surface area contributed by atoms with Crippen molar-refractivity contribution in [3.05, 3.63) is 59.2 Å². The first-order valence-electron chi connectivity index (χ1n) is 7.14.